The molecule has 6 heteroatoms. The Balaban J connectivity index is 1.83. The van der Waals surface area contributed by atoms with Crippen molar-refractivity contribution in [1.82, 2.24) is 9.88 Å². The summed E-state index contributed by atoms with van der Waals surface area (Å²) in [6.07, 6.45) is 0.994. The second-order valence-electron chi connectivity index (χ2n) is 6.78. The molecule has 2 aromatic rings. The molecule has 1 aliphatic heterocycles. The Labute approximate surface area is 151 Å². The summed E-state index contributed by atoms with van der Waals surface area (Å²) in [6.45, 7) is 4.26. The highest BCUT2D eigenvalue weighted by atomic mass is 16.2. The zero-order chi connectivity index (χ0) is 18.8. The van der Waals surface area contributed by atoms with Gasteiger partial charge in [-0.1, -0.05) is 18.2 Å². The van der Waals surface area contributed by atoms with Gasteiger partial charge in [-0.25, -0.2) is 0 Å². The lowest BCUT2D eigenvalue weighted by Gasteiger charge is -2.31. The van der Waals surface area contributed by atoms with Gasteiger partial charge < -0.3 is 9.88 Å². The number of benzene rings is 1. The lowest BCUT2D eigenvalue weighted by molar-refractivity contribution is -0.133. The van der Waals surface area contributed by atoms with E-state index in [0.717, 1.165) is 10.9 Å². The summed E-state index contributed by atoms with van der Waals surface area (Å²) in [5.41, 5.74) is 1.89. The Kier molecular flexibility index (Phi) is 4.90. The van der Waals surface area contributed by atoms with Crippen molar-refractivity contribution in [2.45, 2.75) is 26.7 Å². The molecule has 1 amide bonds. The van der Waals surface area contributed by atoms with Gasteiger partial charge in [-0.3, -0.25) is 14.4 Å². The van der Waals surface area contributed by atoms with Crippen LogP contribution in [0.2, 0.25) is 0 Å². The summed E-state index contributed by atoms with van der Waals surface area (Å²) >= 11 is 0. The van der Waals surface area contributed by atoms with E-state index in [4.69, 9.17) is 0 Å². The first kappa shape index (κ1) is 17.9. The molecular weight excluding hydrogens is 330 g/mol. The number of piperidine rings is 1. The first-order valence-electron chi connectivity index (χ1n) is 8.74. The normalized spacial score (nSPS) is 16.3. The predicted octanol–water partition coefficient (Wildman–Crippen LogP) is 2.63. The molecular formula is C20H21N3O3. The van der Waals surface area contributed by atoms with Gasteiger partial charge in [0.2, 0.25) is 5.91 Å². The van der Waals surface area contributed by atoms with Crippen molar-refractivity contribution in [2.75, 3.05) is 13.1 Å². The van der Waals surface area contributed by atoms with Crippen LogP contribution in [0, 0.1) is 30.1 Å². The number of nitrogens with zero attached hydrogens (tertiary/aromatic N) is 2. The van der Waals surface area contributed by atoms with Crippen LogP contribution in [-0.2, 0) is 9.59 Å². The second kappa shape index (κ2) is 7.12. The number of Topliss-reactive ketones (excluding diaryl/α,β-unsaturated/α-hetero) is 2. The molecule has 0 radical (unpaired) electrons. The third kappa shape index (κ3) is 3.13. The van der Waals surface area contributed by atoms with E-state index in [1.165, 1.54) is 6.92 Å². The molecule has 1 saturated heterocycles. The molecule has 1 aromatic carbocycles. The minimum Gasteiger partial charge on any atom is -0.358 e. The van der Waals surface area contributed by atoms with E-state index in [1.54, 1.807) is 11.8 Å². The van der Waals surface area contributed by atoms with Crippen molar-refractivity contribution in [3.63, 3.8) is 0 Å². The molecule has 134 valence electrons. The summed E-state index contributed by atoms with van der Waals surface area (Å²) < 4.78 is 0. The van der Waals surface area contributed by atoms with E-state index >= 15 is 0 Å². The van der Waals surface area contributed by atoms with Crippen LogP contribution in [0.25, 0.3) is 10.9 Å². The number of aryl methyl sites for hydroxylation is 1. The number of H-pyrrole nitrogens is 1. The van der Waals surface area contributed by atoms with Gasteiger partial charge in [0.1, 0.15) is 0 Å². The Morgan fingerprint density at radius 1 is 1.23 bits per heavy atom. The highest BCUT2D eigenvalue weighted by Gasteiger charge is 2.36. The van der Waals surface area contributed by atoms with Crippen LogP contribution in [0.4, 0.5) is 0 Å². The van der Waals surface area contributed by atoms with E-state index in [1.807, 2.05) is 30.3 Å². The van der Waals surface area contributed by atoms with Crippen molar-refractivity contribution >= 4 is 28.4 Å². The van der Waals surface area contributed by atoms with Gasteiger partial charge >= 0.3 is 0 Å². The topological polar surface area (TPSA) is 94.0 Å². The van der Waals surface area contributed by atoms with Crippen LogP contribution in [0.1, 0.15) is 35.8 Å². The molecule has 0 spiro atoms. The van der Waals surface area contributed by atoms with Gasteiger partial charge in [-0.05, 0) is 25.8 Å². The van der Waals surface area contributed by atoms with Gasteiger partial charge in [-0.2, -0.15) is 5.26 Å². The van der Waals surface area contributed by atoms with Crippen LogP contribution in [0.5, 0.6) is 0 Å². The number of rotatable bonds is 4. The highest BCUT2D eigenvalue weighted by molar-refractivity contribution is 6.19. The minimum absolute atomic E-state index is 0.0155. The van der Waals surface area contributed by atoms with Crippen LogP contribution < -0.4 is 0 Å². The molecule has 0 saturated carbocycles. The number of ketones is 2. The highest BCUT2D eigenvalue weighted by Crippen LogP contribution is 2.28. The lowest BCUT2D eigenvalue weighted by atomic mass is 9.82. The van der Waals surface area contributed by atoms with Crippen LogP contribution in [-0.4, -0.2) is 40.4 Å². The SMILES string of the molecule is CC(=O)N1CCC(C(=O)[C@@H](C#N)C(=O)c2c(C)[nH]c3ccccc23)CC1. The molecule has 0 aliphatic carbocycles. The number of hydrogen-bond donors (Lipinski definition) is 1. The molecule has 1 N–H and O–H groups in total. The summed E-state index contributed by atoms with van der Waals surface area (Å²) in [7, 11) is 0. The summed E-state index contributed by atoms with van der Waals surface area (Å²) in [5.74, 6) is -2.45. The Bertz CT molecular complexity index is 914. The number of para-hydroxylation sites is 1. The standard InChI is InChI=1S/C20H21N3O3/c1-12-18(15-5-3-4-6-17(15)22-12)20(26)16(11-21)19(25)14-7-9-23(10-8-14)13(2)24/h3-6,14,16,22H,7-10H2,1-2H3/t16-/m1/s1. The molecule has 0 bridgehead atoms. The van der Waals surface area contributed by atoms with Gasteiger partial charge in [0.25, 0.3) is 0 Å². The molecule has 26 heavy (non-hydrogen) atoms. The van der Waals surface area contributed by atoms with E-state index in [-0.39, 0.29) is 17.6 Å². The van der Waals surface area contributed by atoms with Crippen molar-refractivity contribution in [1.29, 1.82) is 5.26 Å². The number of aromatic nitrogens is 1. The summed E-state index contributed by atoms with van der Waals surface area (Å²) in [4.78, 5) is 42.1. The second-order valence-corrected chi connectivity index (χ2v) is 6.78. The molecule has 6 nitrogen and oxygen atoms in total. The fourth-order valence-corrected chi connectivity index (χ4v) is 3.70. The van der Waals surface area contributed by atoms with Crippen molar-refractivity contribution in [3.05, 3.63) is 35.5 Å². The van der Waals surface area contributed by atoms with Gasteiger partial charge in [0.15, 0.2) is 17.5 Å². The molecule has 3 rings (SSSR count). The van der Waals surface area contributed by atoms with E-state index in [9.17, 15) is 19.6 Å². The Morgan fingerprint density at radius 2 is 1.88 bits per heavy atom. The van der Waals surface area contributed by atoms with E-state index in [0.29, 0.717) is 37.2 Å². The Morgan fingerprint density at radius 3 is 2.50 bits per heavy atom. The average molecular weight is 351 g/mol. The smallest absolute Gasteiger partial charge is 0.219 e. The van der Waals surface area contributed by atoms with Crippen molar-refractivity contribution in [2.24, 2.45) is 11.8 Å². The Hall–Kier alpha value is -2.94. The fourth-order valence-electron chi connectivity index (χ4n) is 3.70. The van der Waals surface area contributed by atoms with Gasteiger partial charge in [-0.15, -0.1) is 0 Å². The first-order chi connectivity index (χ1) is 12.4. The summed E-state index contributed by atoms with van der Waals surface area (Å²) in [5, 5.41) is 10.3. The number of hydrogen-bond acceptors (Lipinski definition) is 4. The number of aromatic amines is 1. The maximum atomic E-state index is 13.0. The number of nitrogens with one attached hydrogen (secondary N) is 1. The predicted molar refractivity (Wildman–Crippen MR) is 96.5 cm³/mol. The first-order valence-corrected chi connectivity index (χ1v) is 8.74. The largest absolute Gasteiger partial charge is 0.358 e. The van der Waals surface area contributed by atoms with E-state index in [2.05, 4.69) is 4.98 Å². The number of carbonyl (C=O) groups is 3. The number of amides is 1. The molecule has 1 fully saturated rings. The minimum atomic E-state index is -1.30. The molecule has 2 heterocycles. The molecule has 0 unspecified atom stereocenters. The zero-order valence-electron chi connectivity index (χ0n) is 14.9. The number of nitriles is 1. The third-order valence-corrected chi connectivity index (χ3v) is 5.16. The van der Waals surface area contributed by atoms with Crippen LogP contribution in [0.15, 0.2) is 24.3 Å². The fraction of sp³-hybridized carbons (Fsp3) is 0.400. The van der Waals surface area contributed by atoms with Crippen LogP contribution in [0.3, 0.4) is 0 Å². The van der Waals surface area contributed by atoms with Crippen molar-refractivity contribution in [3.8, 4) is 6.07 Å². The van der Waals surface area contributed by atoms with E-state index < -0.39 is 11.7 Å². The quantitative estimate of drug-likeness (QED) is 0.677. The number of fused-ring (bicyclic) bond motifs is 1. The molecule has 1 aromatic heterocycles. The summed E-state index contributed by atoms with van der Waals surface area (Å²) in [6, 6.07) is 9.29. The van der Waals surface area contributed by atoms with Gasteiger partial charge in [0.05, 0.1) is 6.07 Å². The zero-order valence-corrected chi connectivity index (χ0v) is 14.9. The molecule has 1 atom stereocenters. The average Bonchev–Trinajstić information content (AvgIpc) is 2.97. The van der Waals surface area contributed by atoms with Gasteiger partial charge in [0, 0.05) is 48.1 Å². The number of likely N-dealkylation sites (tertiary alicyclic amines) is 1. The van der Waals surface area contributed by atoms with Crippen LogP contribution >= 0.6 is 0 Å². The molecule has 1 aliphatic rings. The maximum absolute atomic E-state index is 13.0. The monoisotopic (exact) mass is 351 g/mol. The third-order valence-electron chi connectivity index (χ3n) is 5.16. The maximum Gasteiger partial charge on any atom is 0.219 e. The van der Waals surface area contributed by atoms with Crippen molar-refractivity contribution < 1.29 is 14.4 Å². The lowest BCUT2D eigenvalue weighted by Crippen LogP contribution is -2.41. The number of carbonyl (C=O) groups excluding carboxylic acids is 3.